The molecule has 5 nitrogen and oxygen atoms in total. The van der Waals surface area contributed by atoms with Crippen LogP contribution in [0.3, 0.4) is 0 Å². The Hall–Kier alpha value is -0.200. The first-order chi connectivity index (χ1) is 5.57. The van der Waals surface area contributed by atoms with E-state index in [1.165, 1.54) is 0 Å². The molecule has 1 heterocycles. The van der Waals surface area contributed by atoms with E-state index in [1.807, 2.05) is 0 Å². The molecule has 0 spiro atoms. The normalized spacial score (nSPS) is 49.2. The highest BCUT2D eigenvalue weighted by Crippen LogP contribution is 2.20. The lowest BCUT2D eigenvalue weighted by molar-refractivity contribution is -0.224. The van der Waals surface area contributed by atoms with Crippen molar-refractivity contribution in [2.24, 2.45) is 0 Å². The van der Waals surface area contributed by atoms with Crippen LogP contribution < -0.4 is 0 Å². The van der Waals surface area contributed by atoms with Gasteiger partial charge in [0.2, 0.25) is 0 Å². The maximum absolute atomic E-state index is 9.23. The van der Waals surface area contributed by atoms with Crippen LogP contribution in [-0.4, -0.2) is 57.6 Å². The van der Waals surface area contributed by atoms with Crippen LogP contribution >= 0.6 is 0 Å². The van der Waals surface area contributed by atoms with E-state index in [9.17, 15) is 15.3 Å². The summed E-state index contributed by atoms with van der Waals surface area (Å²) in [6.07, 6.45) is -4.94. The number of hydrogen-bond acceptors (Lipinski definition) is 5. The average molecular weight is 184 g/mol. The molecule has 1 fully saturated rings. The number of aliphatic hydroxyl groups is 4. The molecule has 5 heteroatoms. The van der Waals surface area contributed by atoms with Crippen LogP contribution in [0, 0.1) is 0 Å². The summed E-state index contributed by atoms with van der Waals surface area (Å²) in [5, 5.41) is 36.4. The maximum atomic E-state index is 9.23. The predicted molar refractivity (Wildman–Crippen MR) is 39.4 cm³/mol. The van der Waals surface area contributed by atoms with Gasteiger partial charge in [0.05, 0.1) is 12.7 Å². The monoisotopic (exact) mass is 184 g/mol. The summed E-state index contributed by atoms with van der Waals surface area (Å²) in [5.74, 6) is 0. The van der Waals surface area contributed by atoms with Gasteiger partial charge >= 0.3 is 0 Å². The molecule has 0 aromatic rings. The number of ether oxygens (including phenoxy) is 1. The quantitative estimate of drug-likeness (QED) is 0.349. The Morgan fingerprint density at radius 1 is 1.08 bits per heavy atom. The summed E-state index contributed by atoms with van der Waals surface area (Å²) in [6, 6.07) is 0. The molecule has 0 aliphatic carbocycles. The van der Waals surface area contributed by atoms with Crippen LogP contribution in [0.4, 0.5) is 0 Å². The Labute approximate surface area is 70.2 Å². The van der Waals surface area contributed by atoms with Gasteiger partial charge in [-0.1, -0.05) is 0 Å². The van der Waals surface area contributed by atoms with E-state index in [4.69, 9.17) is 9.84 Å². The molecule has 1 rings (SSSR count). The Bertz CT molecular complexity index is 146. The molecular formula is C7H14O5. The summed E-state index contributed by atoms with van der Waals surface area (Å²) in [7, 11) is 0. The van der Waals surface area contributed by atoms with Crippen molar-refractivity contribution in [2.75, 3.05) is 6.61 Å². The zero-order chi connectivity index (χ0) is 9.30. The van der Waals surface area contributed by atoms with Crippen molar-refractivity contribution in [2.45, 2.75) is 37.4 Å². The molecule has 1 saturated heterocycles. The fourth-order valence-corrected chi connectivity index (χ4v) is 1.29. The molecule has 1 aliphatic rings. The van der Waals surface area contributed by atoms with Crippen molar-refractivity contribution in [1.82, 2.24) is 0 Å². The second kappa shape index (κ2) is 3.68. The van der Waals surface area contributed by atoms with Crippen molar-refractivity contribution in [3.8, 4) is 0 Å². The smallest absolute Gasteiger partial charge is 0.111 e. The molecule has 0 radical (unpaired) electrons. The molecule has 4 N–H and O–H groups in total. The second-order valence-corrected chi connectivity index (χ2v) is 3.03. The lowest BCUT2D eigenvalue weighted by Gasteiger charge is -2.38. The second-order valence-electron chi connectivity index (χ2n) is 3.03. The third-order valence-corrected chi connectivity index (χ3v) is 2.13. The van der Waals surface area contributed by atoms with Crippen molar-refractivity contribution >= 4 is 0 Å². The van der Waals surface area contributed by atoms with Crippen LogP contribution in [0.15, 0.2) is 0 Å². The van der Waals surface area contributed by atoms with Crippen LogP contribution in [-0.2, 0) is 4.74 Å². The van der Waals surface area contributed by atoms with E-state index < -0.39 is 30.5 Å². The molecule has 12 heavy (non-hydrogen) atoms. The standard InChI is InChI=1S/C7H14O5/c1-3-5(9)7(11)6(10)4(2-8)12-3/h3-11H,2H2,1H3/t3-,4+,5-,6+,7+/m0/s1/i2+1,3+1,4+1,5+1,6+1,7+1. The van der Waals surface area contributed by atoms with Gasteiger partial charge < -0.3 is 25.2 Å². The minimum Gasteiger partial charge on any atom is -0.394 e. The SMILES string of the molecule is C[13C@@H]1O[13C@H]([13CH2]O)[13C@@H](O)[13C@H](O)[13C@H]1O. The van der Waals surface area contributed by atoms with E-state index in [0.29, 0.717) is 0 Å². The maximum Gasteiger partial charge on any atom is 0.111 e. The lowest BCUT2D eigenvalue weighted by atomic mass is 10.8. The van der Waals surface area contributed by atoms with Crippen LogP contribution in [0.1, 0.15) is 6.92 Å². The summed E-state index contributed by atoms with van der Waals surface area (Å²) in [5.41, 5.74) is 0. The molecule has 0 bridgehead atoms. The van der Waals surface area contributed by atoms with Crippen LogP contribution in [0.5, 0.6) is 0 Å². The van der Waals surface area contributed by atoms with E-state index in [2.05, 4.69) is 0 Å². The third kappa shape index (κ3) is 1.60. The first-order valence-corrected chi connectivity index (χ1v) is 3.88. The molecule has 1 aliphatic heterocycles. The van der Waals surface area contributed by atoms with Crippen molar-refractivity contribution < 1.29 is 25.2 Å². The van der Waals surface area contributed by atoms with Gasteiger partial charge in [-0.2, -0.15) is 0 Å². The Balaban J connectivity index is 2.63. The summed E-state index contributed by atoms with van der Waals surface area (Å²) in [6.45, 7) is 1.21. The minimum absolute atomic E-state index is 0.366. The summed E-state index contributed by atoms with van der Waals surface area (Å²) < 4.78 is 5.02. The van der Waals surface area contributed by atoms with Gasteiger partial charge in [-0.15, -0.1) is 0 Å². The zero-order valence-electron chi connectivity index (χ0n) is 6.79. The topological polar surface area (TPSA) is 90.2 Å². The van der Waals surface area contributed by atoms with Gasteiger partial charge in [-0.05, 0) is 6.92 Å². The van der Waals surface area contributed by atoms with E-state index >= 15 is 0 Å². The highest BCUT2D eigenvalue weighted by atomic mass is 16.7. The Morgan fingerprint density at radius 3 is 2.17 bits per heavy atom. The largest absolute Gasteiger partial charge is 0.394 e. The third-order valence-electron chi connectivity index (χ3n) is 2.13. The van der Waals surface area contributed by atoms with Gasteiger partial charge in [0.25, 0.3) is 0 Å². The Kier molecular flexibility index (Phi) is 3.03. The molecule has 0 saturated carbocycles. The first kappa shape index (κ1) is 9.88. The van der Waals surface area contributed by atoms with Gasteiger partial charge in [0, 0.05) is 0 Å². The van der Waals surface area contributed by atoms with E-state index in [-0.39, 0.29) is 6.61 Å². The Morgan fingerprint density at radius 2 is 1.67 bits per heavy atom. The van der Waals surface area contributed by atoms with Gasteiger partial charge in [0.1, 0.15) is 24.4 Å². The van der Waals surface area contributed by atoms with Crippen LogP contribution in [0.2, 0.25) is 0 Å². The van der Waals surface area contributed by atoms with Crippen molar-refractivity contribution in [1.29, 1.82) is 0 Å². The molecular weight excluding hydrogens is 170 g/mol. The molecule has 0 aromatic carbocycles. The van der Waals surface area contributed by atoms with Gasteiger partial charge in [-0.25, -0.2) is 0 Å². The highest BCUT2D eigenvalue weighted by Gasteiger charge is 2.41. The summed E-state index contributed by atoms with van der Waals surface area (Å²) >= 11 is 0. The van der Waals surface area contributed by atoms with Gasteiger partial charge in [-0.3, -0.25) is 0 Å². The molecule has 0 amide bonds. The molecule has 5 atom stereocenters. The fourth-order valence-electron chi connectivity index (χ4n) is 1.29. The molecule has 0 unspecified atom stereocenters. The minimum atomic E-state index is -1.24. The van der Waals surface area contributed by atoms with Crippen LogP contribution in [0.25, 0.3) is 0 Å². The number of aliphatic hydroxyl groups excluding tert-OH is 4. The first-order valence-electron chi connectivity index (χ1n) is 3.88. The lowest BCUT2D eigenvalue weighted by Crippen LogP contribution is -2.57. The average Bonchev–Trinajstić information content (AvgIpc) is 2.08. The fraction of sp³-hybridized carbons (Fsp3) is 1.00. The van der Waals surface area contributed by atoms with Gasteiger partial charge in [0.15, 0.2) is 0 Å². The molecule has 72 valence electrons. The predicted octanol–water partition coefficient (Wildman–Crippen LogP) is -2.15. The van der Waals surface area contributed by atoms with Crippen molar-refractivity contribution in [3.63, 3.8) is 0 Å². The molecule has 0 aromatic heterocycles. The number of rotatable bonds is 1. The van der Waals surface area contributed by atoms with Crippen molar-refractivity contribution in [3.05, 3.63) is 0 Å². The zero-order valence-corrected chi connectivity index (χ0v) is 6.79. The summed E-state index contributed by atoms with van der Waals surface area (Å²) in [4.78, 5) is 0. The van der Waals surface area contributed by atoms with E-state index in [1.54, 1.807) is 6.92 Å². The number of hydrogen-bond donors (Lipinski definition) is 4. The van der Waals surface area contributed by atoms with E-state index in [0.717, 1.165) is 0 Å². The highest BCUT2D eigenvalue weighted by molar-refractivity contribution is 4.89.